The lowest BCUT2D eigenvalue weighted by Crippen LogP contribution is -2.13. The number of aromatic nitrogens is 2. The standard InChI is InChI=1S/C16H22ClN3O3.ClH/c1-11(8-9-17)23-19-12-6-7-14-13(10-12)18-15(20(14)2)4-3-5-16(21)22;/h6-7,10-11,19H,3-5,8-9H2,1-2H3,(H,21,22);1H. The van der Waals surface area contributed by atoms with Crippen molar-refractivity contribution >= 4 is 46.7 Å². The molecular weight excluding hydrogens is 353 g/mol. The summed E-state index contributed by atoms with van der Waals surface area (Å²) in [6, 6.07) is 5.82. The highest BCUT2D eigenvalue weighted by Gasteiger charge is 2.10. The molecule has 0 spiro atoms. The zero-order chi connectivity index (χ0) is 16.8. The van der Waals surface area contributed by atoms with E-state index < -0.39 is 5.97 Å². The summed E-state index contributed by atoms with van der Waals surface area (Å²) in [5, 5.41) is 8.72. The molecule has 0 fully saturated rings. The van der Waals surface area contributed by atoms with E-state index in [1.54, 1.807) is 0 Å². The number of fused-ring (bicyclic) bond motifs is 1. The maximum atomic E-state index is 10.6. The Hall–Kier alpha value is -1.50. The third-order valence-corrected chi connectivity index (χ3v) is 3.88. The molecule has 24 heavy (non-hydrogen) atoms. The number of aliphatic carboxylic acids is 1. The first-order valence-electron chi connectivity index (χ1n) is 7.66. The van der Waals surface area contributed by atoms with Crippen molar-refractivity contribution in [3.63, 3.8) is 0 Å². The number of hydrogen-bond donors (Lipinski definition) is 2. The van der Waals surface area contributed by atoms with Crippen LogP contribution in [0.3, 0.4) is 0 Å². The molecule has 1 atom stereocenters. The molecule has 0 aliphatic carbocycles. The van der Waals surface area contributed by atoms with E-state index in [9.17, 15) is 4.79 Å². The monoisotopic (exact) mass is 375 g/mol. The van der Waals surface area contributed by atoms with Gasteiger partial charge in [-0.05, 0) is 38.0 Å². The van der Waals surface area contributed by atoms with Gasteiger partial charge in [-0.2, -0.15) is 0 Å². The van der Waals surface area contributed by atoms with Crippen LogP contribution in [0.2, 0.25) is 0 Å². The van der Waals surface area contributed by atoms with Gasteiger partial charge in [0.05, 0.1) is 22.8 Å². The van der Waals surface area contributed by atoms with Gasteiger partial charge in [-0.15, -0.1) is 24.0 Å². The third kappa shape index (κ3) is 5.54. The first-order chi connectivity index (χ1) is 11.0. The molecule has 2 N–H and O–H groups in total. The summed E-state index contributed by atoms with van der Waals surface area (Å²) in [6.45, 7) is 1.95. The van der Waals surface area contributed by atoms with Crippen LogP contribution in [0.15, 0.2) is 18.2 Å². The van der Waals surface area contributed by atoms with Gasteiger partial charge in [0.25, 0.3) is 0 Å². The van der Waals surface area contributed by atoms with Crippen molar-refractivity contribution in [1.29, 1.82) is 0 Å². The summed E-state index contributed by atoms with van der Waals surface area (Å²) >= 11 is 5.68. The zero-order valence-corrected chi connectivity index (χ0v) is 15.4. The van der Waals surface area contributed by atoms with Crippen LogP contribution in [-0.2, 0) is 23.1 Å². The molecular formula is C16H23Cl2N3O3. The number of carboxylic acids is 1. The van der Waals surface area contributed by atoms with E-state index >= 15 is 0 Å². The van der Waals surface area contributed by atoms with Crippen LogP contribution < -0.4 is 5.48 Å². The second kappa shape index (κ2) is 9.71. The van der Waals surface area contributed by atoms with Crippen molar-refractivity contribution in [2.24, 2.45) is 7.05 Å². The molecule has 8 heteroatoms. The number of anilines is 1. The number of rotatable bonds is 9. The zero-order valence-electron chi connectivity index (χ0n) is 13.8. The molecule has 2 aromatic rings. The van der Waals surface area contributed by atoms with Gasteiger partial charge in [-0.25, -0.2) is 4.98 Å². The third-order valence-electron chi connectivity index (χ3n) is 3.66. The minimum absolute atomic E-state index is 0. The fourth-order valence-electron chi connectivity index (χ4n) is 2.32. The minimum atomic E-state index is -0.779. The van der Waals surface area contributed by atoms with Gasteiger partial charge in [-0.1, -0.05) is 0 Å². The molecule has 0 bridgehead atoms. The Bertz CT molecular complexity index is 676. The van der Waals surface area contributed by atoms with E-state index in [1.807, 2.05) is 36.7 Å². The number of aryl methyl sites for hydroxylation is 2. The van der Waals surface area contributed by atoms with Gasteiger partial charge in [0.15, 0.2) is 0 Å². The fraction of sp³-hybridized carbons (Fsp3) is 0.500. The van der Waals surface area contributed by atoms with Crippen molar-refractivity contribution in [3.8, 4) is 0 Å². The van der Waals surface area contributed by atoms with Crippen LogP contribution >= 0.6 is 24.0 Å². The Kier molecular flexibility index (Phi) is 8.31. The molecule has 1 aromatic carbocycles. The molecule has 6 nitrogen and oxygen atoms in total. The van der Waals surface area contributed by atoms with Gasteiger partial charge >= 0.3 is 5.97 Å². The topological polar surface area (TPSA) is 76.4 Å². The first kappa shape index (κ1) is 20.5. The lowest BCUT2D eigenvalue weighted by molar-refractivity contribution is -0.137. The molecule has 0 radical (unpaired) electrons. The van der Waals surface area contributed by atoms with Crippen molar-refractivity contribution in [2.75, 3.05) is 11.4 Å². The molecule has 0 aliphatic heterocycles. The summed E-state index contributed by atoms with van der Waals surface area (Å²) in [6.07, 6.45) is 2.18. The largest absolute Gasteiger partial charge is 0.481 e. The molecule has 0 saturated carbocycles. The molecule has 0 saturated heterocycles. The van der Waals surface area contributed by atoms with Crippen molar-refractivity contribution < 1.29 is 14.7 Å². The molecule has 1 unspecified atom stereocenters. The van der Waals surface area contributed by atoms with E-state index in [0.29, 0.717) is 18.7 Å². The number of benzene rings is 1. The number of hydrogen-bond acceptors (Lipinski definition) is 4. The van der Waals surface area contributed by atoms with E-state index in [2.05, 4.69) is 10.5 Å². The van der Waals surface area contributed by atoms with E-state index in [1.165, 1.54) is 0 Å². The van der Waals surface area contributed by atoms with Gasteiger partial charge in [0.1, 0.15) is 5.82 Å². The smallest absolute Gasteiger partial charge is 0.303 e. The van der Waals surface area contributed by atoms with Crippen LogP contribution in [0.25, 0.3) is 11.0 Å². The van der Waals surface area contributed by atoms with E-state index in [0.717, 1.165) is 29.0 Å². The highest BCUT2D eigenvalue weighted by atomic mass is 35.5. The van der Waals surface area contributed by atoms with Crippen LogP contribution in [-0.4, -0.2) is 32.6 Å². The Morgan fingerprint density at radius 2 is 2.25 bits per heavy atom. The fourth-order valence-corrected chi connectivity index (χ4v) is 2.62. The summed E-state index contributed by atoms with van der Waals surface area (Å²) in [5.74, 6) is 0.662. The second-order valence-corrected chi connectivity index (χ2v) is 5.92. The van der Waals surface area contributed by atoms with E-state index in [4.69, 9.17) is 21.5 Å². The van der Waals surface area contributed by atoms with E-state index in [-0.39, 0.29) is 24.9 Å². The molecule has 134 valence electrons. The Morgan fingerprint density at radius 1 is 1.50 bits per heavy atom. The van der Waals surface area contributed by atoms with Crippen LogP contribution in [0.5, 0.6) is 0 Å². The second-order valence-electron chi connectivity index (χ2n) is 5.55. The Labute approximate surface area is 152 Å². The highest BCUT2D eigenvalue weighted by molar-refractivity contribution is 6.17. The number of nitrogens with one attached hydrogen (secondary N) is 1. The number of nitrogens with zero attached hydrogens (tertiary/aromatic N) is 2. The maximum Gasteiger partial charge on any atom is 0.303 e. The maximum absolute atomic E-state index is 10.6. The van der Waals surface area contributed by atoms with Crippen LogP contribution in [0, 0.1) is 0 Å². The van der Waals surface area contributed by atoms with Gasteiger partial charge in [0.2, 0.25) is 0 Å². The minimum Gasteiger partial charge on any atom is -0.481 e. The Morgan fingerprint density at radius 3 is 2.92 bits per heavy atom. The van der Waals surface area contributed by atoms with Gasteiger partial charge in [0, 0.05) is 25.8 Å². The van der Waals surface area contributed by atoms with Gasteiger partial charge in [-0.3, -0.25) is 15.1 Å². The number of carboxylic acid groups (broad SMARTS) is 1. The normalized spacial score (nSPS) is 12.0. The molecule has 2 rings (SSSR count). The average molecular weight is 376 g/mol. The summed E-state index contributed by atoms with van der Waals surface area (Å²) in [7, 11) is 1.94. The number of halogens is 2. The van der Waals surface area contributed by atoms with Gasteiger partial charge < -0.3 is 9.67 Å². The number of imidazole rings is 1. The van der Waals surface area contributed by atoms with Crippen LogP contribution in [0.4, 0.5) is 5.69 Å². The van der Waals surface area contributed by atoms with Crippen LogP contribution in [0.1, 0.15) is 32.0 Å². The lowest BCUT2D eigenvalue weighted by atomic mass is 10.2. The number of alkyl halides is 1. The lowest BCUT2D eigenvalue weighted by Gasteiger charge is -2.12. The summed E-state index contributed by atoms with van der Waals surface area (Å²) < 4.78 is 2.00. The summed E-state index contributed by atoms with van der Waals surface area (Å²) in [4.78, 5) is 20.7. The predicted molar refractivity (Wildman–Crippen MR) is 98.0 cm³/mol. The van der Waals surface area contributed by atoms with Crippen molar-refractivity contribution in [3.05, 3.63) is 24.0 Å². The van der Waals surface area contributed by atoms with Crippen molar-refractivity contribution in [2.45, 2.75) is 38.7 Å². The number of carbonyl (C=O) groups is 1. The molecule has 1 aromatic heterocycles. The SMILES string of the molecule is CC(CCCl)ONc1ccc2c(c1)nc(CCCC(=O)O)n2C.Cl. The molecule has 1 heterocycles. The quantitative estimate of drug-likeness (QED) is 0.515. The summed E-state index contributed by atoms with van der Waals surface area (Å²) in [5.41, 5.74) is 5.62. The molecule has 0 aliphatic rings. The highest BCUT2D eigenvalue weighted by Crippen LogP contribution is 2.21. The molecule has 0 amide bonds. The first-order valence-corrected chi connectivity index (χ1v) is 8.19. The average Bonchev–Trinajstić information content (AvgIpc) is 2.81. The van der Waals surface area contributed by atoms with Crippen molar-refractivity contribution in [1.82, 2.24) is 9.55 Å². The predicted octanol–water partition coefficient (Wildman–Crippen LogP) is 3.76. The Balaban J connectivity index is 0.00000288.